The summed E-state index contributed by atoms with van der Waals surface area (Å²) in [6.07, 6.45) is 2.26. The minimum Gasteiger partial charge on any atom is -0.247 e. The smallest absolute Gasteiger partial charge is 0.104 e. The van der Waals surface area contributed by atoms with E-state index in [-0.39, 0.29) is 5.92 Å². The fraction of sp³-hybridized carbons (Fsp3) is 0.857. The van der Waals surface area contributed by atoms with E-state index in [4.69, 9.17) is 5.26 Å². The maximum Gasteiger partial charge on any atom is 0.104 e. The molecule has 0 bridgehead atoms. The van der Waals surface area contributed by atoms with Gasteiger partial charge in [0.2, 0.25) is 0 Å². The number of halogens is 1. The van der Waals surface area contributed by atoms with Crippen LogP contribution in [0, 0.1) is 17.2 Å². The van der Waals surface area contributed by atoms with Crippen LogP contribution in [0.3, 0.4) is 0 Å². The third-order valence-electron chi connectivity index (χ3n) is 1.92. The molecule has 50 valence electrons. The van der Waals surface area contributed by atoms with Gasteiger partial charge in [-0.1, -0.05) is 6.42 Å². The highest BCUT2D eigenvalue weighted by Crippen LogP contribution is 2.30. The van der Waals surface area contributed by atoms with Gasteiger partial charge >= 0.3 is 0 Å². The molecule has 0 aromatic rings. The molecule has 2 atom stereocenters. The Bertz CT molecular complexity index is 127. The van der Waals surface area contributed by atoms with E-state index in [0.29, 0.717) is 12.8 Å². The van der Waals surface area contributed by atoms with Crippen molar-refractivity contribution in [2.75, 3.05) is 0 Å². The van der Waals surface area contributed by atoms with Gasteiger partial charge in [-0.05, 0) is 12.8 Å². The average molecular weight is 127 g/mol. The van der Waals surface area contributed by atoms with Crippen LogP contribution in [0.4, 0.5) is 4.39 Å². The summed E-state index contributed by atoms with van der Waals surface area (Å²) >= 11 is 0. The molecular weight excluding hydrogens is 117 g/mol. The Hall–Kier alpha value is -0.580. The molecule has 1 fully saturated rings. The highest BCUT2D eigenvalue weighted by atomic mass is 19.1. The molecule has 9 heavy (non-hydrogen) atoms. The topological polar surface area (TPSA) is 23.8 Å². The second kappa shape index (κ2) is 2.82. The van der Waals surface area contributed by atoms with Crippen LogP contribution < -0.4 is 0 Å². The fourth-order valence-electron chi connectivity index (χ4n) is 1.34. The van der Waals surface area contributed by atoms with Gasteiger partial charge in [-0.3, -0.25) is 0 Å². The van der Waals surface area contributed by atoms with Crippen LogP contribution >= 0.6 is 0 Å². The van der Waals surface area contributed by atoms with Crippen molar-refractivity contribution in [1.29, 1.82) is 5.26 Å². The second-order valence-corrected chi connectivity index (χ2v) is 2.57. The standard InChI is InChI=1S/C7H10FN/c8-7-3-1-2-6(7)4-5-9/h6-7H,1-4H2/t6-,7+/m0/s1. The highest BCUT2D eigenvalue weighted by Gasteiger charge is 2.25. The molecule has 1 saturated carbocycles. The first kappa shape index (κ1) is 6.54. The molecule has 0 spiro atoms. The molecule has 0 heterocycles. The molecule has 0 aromatic heterocycles. The van der Waals surface area contributed by atoms with Gasteiger partial charge in [0.05, 0.1) is 6.07 Å². The fourth-order valence-corrected chi connectivity index (χ4v) is 1.34. The lowest BCUT2D eigenvalue weighted by Gasteiger charge is -2.05. The van der Waals surface area contributed by atoms with Crippen LogP contribution in [0.2, 0.25) is 0 Å². The molecule has 1 aliphatic carbocycles. The molecule has 1 rings (SSSR count). The summed E-state index contributed by atoms with van der Waals surface area (Å²) in [4.78, 5) is 0. The first-order valence-electron chi connectivity index (χ1n) is 3.35. The zero-order valence-corrected chi connectivity index (χ0v) is 5.31. The van der Waals surface area contributed by atoms with Gasteiger partial charge in [0.1, 0.15) is 6.17 Å². The number of nitriles is 1. The number of rotatable bonds is 1. The van der Waals surface area contributed by atoms with Gasteiger partial charge in [-0.15, -0.1) is 0 Å². The molecule has 0 saturated heterocycles. The lowest BCUT2D eigenvalue weighted by atomic mass is 10.0. The minimum absolute atomic E-state index is 0.0509. The van der Waals surface area contributed by atoms with Gasteiger partial charge in [-0.2, -0.15) is 5.26 Å². The Morgan fingerprint density at radius 1 is 1.56 bits per heavy atom. The number of alkyl halides is 1. The highest BCUT2D eigenvalue weighted by molar-refractivity contribution is 4.84. The van der Waals surface area contributed by atoms with Crippen molar-refractivity contribution >= 4 is 0 Å². The summed E-state index contributed by atoms with van der Waals surface area (Å²) in [5, 5.41) is 8.23. The van der Waals surface area contributed by atoms with E-state index >= 15 is 0 Å². The normalized spacial score (nSPS) is 34.2. The van der Waals surface area contributed by atoms with Crippen molar-refractivity contribution in [3.8, 4) is 6.07 Å². The van der Waals surface area contributed by atoms with E-state index < -0.39 is 6.17 Å². The zero-order valence-electron chi connectivity index (χ0n) is 5.31. The first-order valence-corrected chi connectivity index (χ1v) is 3.35. The van der Waals surface area contributed by atoms with Crippen LogP contribution in [0.25, 0.3) is 0 Å². The lowest BCUT2D eigenvalue weighted by molar-refractivity contribution is 0.266. The molecular formula is C7H10FN. The Balaban J connectivity index is 2.33. The number of hydrogen-bond donors (Lipinski definition) is 0. The molecule has 0 aromatic carbocycles. The van der Waals surface area contributed by atoms with Crippen molar-refractivity contribution in [3.63, 3.8) is 0 Å². The van der Waals surface area contributed by atoms with E-state index in [1.807, 2.05) is 6.07 Å². The largest absolute Gasteiger partial charge is 0.247 e. The van der Waals surface area contributed by atoms with E-state index in [1.165, 1.54) is 0 Å². The van der Waals surface area contributed by atoms with Gasteiger partial charge in [-0.25, -0.2) is 4.39 Å². The quantitative estimate of drug-likeness (QED) is 0.528. The maximum absolute atomic E-state index is 12.6. The molecule has 0 unspecified atom stereocenters. The monoisotopic (exact) mass is 127 g/mol. The van der Waals surface area contributed by atoms with Gasteiger partial charge in [0.15, 0.2) is 0 Å². The van der Waals surface area contributed by atoms with Crippen molar-refractivity contribution in [1.82, 2.24) is 0 Å². The molecule has 1 aliphatic rings. The zero-order chi connectivity index (χ0) is 6.69. The van der Waals surface area contributed by atoms with Gasteiger partial charge in [0, 0.05) is 12.3 Å². The number of nitrogens with zero attached hydrogens (tertiary/aromatic N) is 1. The summed E-state index contributed by atoms with van der Waals surface area (Å²) in [5.41, 5.74) is 0. The van der Waals surface area contributed by atoms with Crippen molar-refractivity contribution in [2.45, 2.75) is 31.9 Å². The predicted molar refractivity (Wildman–Crippen MR) is 32.5 cm³/mol. The Labute approximate surface area is 54.5 Å². The second-order valence-electron chi connectivity index (χ2n) is 2.57. The van der Waals surface area contributed by atoms with Crippen molar-refractivity contribution < 1.29 is 4.39 Å². The molecule has 1 nitrogen and oxygen atoms in total. The van der Waals surface area contributed by atoms with E-state index in [9.17, 15) is 4.39 Å². The third kappa shape index (κ3) is 1.41. The maximum atomic E-state index is 12.6. The van der Waals surface area contributed by atoms with Crippen molar-refractivity contribution in [3.05, 3.63) is 0 Å². The van der Waals surface area contributed by atoms with Crippen LogP contribution in [-0.4, -0.2) is 6.17 Å². The molecule has 0 radical (unpaired) electrons. The SMILES string of the molecule is N#CC[C@@H]1CCC[C@H]1F. The van der Waals surface area contributed by atoms with Crippen molar-refractivity contribution in [2.24, 2.45) is 5.92 Å². The van der Waals surface area contributed by atoms with E-state index in [0.717, 1.165) is 12.8 Å². The van der Waals surface area contributed by atoms with Gasteiger partial charge in [0.25, 0.3) is 0 Å². The Kier molecular flexibility index (Phi) is 2.05. The summed E-state index contributed by atoms with van der Waals surface area (Å²) in [6.45, 7) is 0. The van der Waals surface area contributed by atoms with Crippen LogP contribution in [-0.2, 0) is 0 Å². The molecule has 0 amide bonds. The Morgan fingerprint density at radius 2 is 2.33 bits per heavy atom. The first-order chi connectivity index (χ1) is 4.34. The molecule has 0 aliphatic heterocycles. The van der Waals surface area contributed by atoms with Gasteiger partial charge < -0.3 is 0 Å². The minimum atomic E-state index is -0.690. The van der Waals surface area contributed by atoms with Crippen LogP contribution in [0.15, 0.2) is 0 Å². The Morgan fingerprint density at radius 3 is 2.78 bits per heavy atom. The molecule has 2 heteroatoms. The summed E-state index contributed by atoms with van der Waals surface area (Å²) < 4.78 is 12.6. The number of hydrogen-bond acceptors (Lipinski definition) is 1. The lowest BCUT2D eigenvalue weighted by Crippen LogP contribution is -2.06. The summed E-state index contributed by atoms with van der Waals surface area (Å²) in [7, 11) is 0. The van der Waals surface area contributed by atoms with E-state index in [1.54, 1.807) is 0 Å². The predicted octanol–water partition coefficient (Wildman–Crippen LogP) is 2.04. The summed E-state index contributed by atoms with van der Waals surface area (Å²) in [5.74, 6) is 0.0509. The average Bonchev–Trinajstić information content (AvgIpc) is 2.18. The molecule has 0 N–H and O–H groups in total. The summed E-state index contributed by atoms with van der Waals surface area (Å²) in [6, 6.07) is 2.00. The van der Waals surface area contributed by atoms with E-state index in [2.05, 4.69) is 0 Å². The van der Waals surface area contributed by atoms with Crippen LogP contribution in [0.1, 0.15) is 25.7 Å². The van der Waals surface area contributed by atoms with Crippen LogP contribution in [0.5, 0.6) is 0 Å². The third-order valence-corrected chi connectivity index (χ3v) is 1.92.